The number of nitrogens with zero attached hydrogens (tertiary/aromatic N) is 1. The summed E-state index contributed by atoms with van der Waals surface area (Å²) in [5, 5.41) is 9.47. The van der Waals surface area contributed by atoms with Gasteiger partial charge in [0, 0.05) is 10.9 Å². The maximum absolute atomic E-state index is 11.5. The van der Waals surface area contributed by atoms with Gasteiger partial charge in [-0.1, -0.05) is 25.0 Å². The van der Waals surface area contributed by atoms with Crippen LogP contribution < -0.4 is 0 Å². The van der Waals surface area contributed by atoms with Gasteiger partial charge in [-0.25, -0.2) is 0 Å². The Kier molecular flexibility index (Phi) is 5.49. The summed E-state index contributed by atoms with van der Waals surface area (Å²) in [7, 11) is 0. The number of aliphatic carboxylic acids is 1. The summed E-state index contributed by atoms with van der Waals surface area (Å²) in [6, 6.07) is 8.30. The number of likely N-dealkylation sites (tertiary alicyclic amines) is 1. The Hall–Kier alpha value is -1.00. The van der Waals surface area contributed by atoms with Crippen LogP contribution in [0.3, 0.4) is 0 Å². The fraction of sp³-hybridized carbons (Fsp3) is 0.562. The number of thioether (sulfide) groups is 1. The minimum absolute atomic E-state index is 0.158. The maximum Gasteiger partial charge on any atom is 0.320 e. The van der Waals surface area contributed by atoms with E-state index in [0.29, 0.717) is 0 Å². The third-order valence-corrected chi connectivity index (χ3v) is 4.92. The van der Waals surface area contributed by atoms with E-state index in [9.17, 15) is 9.90 Å². The summed E-state index contributed by atoms with van der Waals surface area (Å²) in [5.74, 6) is -0.681. The molecule has 1 aliphatic rings. The molecule has 0 radical (unpaired) electrons. The lowest BCUT2D eigenvalue weighted by molar-refractivity contribution is -0.144. The summed E-state index contributed by atoms with van der Waals surface area (Å²) in [6.45, 7) is 3.00. The van der Waals surface area contributed by atoms with Crippen LogP contribution in [-0.4, -0.2) is 34.8 Å². The molecule has 4 heteroatoms. The average molecular weight is 293 g/mol. The van der Waals surface area contributed by atoms with Gasteiger partial charge in [0.15, 0.2) is 0 Å². The van der Waals surface area contributed by atoms with Crippen LogP contribution >= 0.6 is 11.8 Å². The third-order valence-electron chi connectivity index (χ3n) is 4.17. The number of carboxylic acid groups (broad SMARTS) is 1. The quantitative estimate of drug-likeness (QED) is 0.857. The SMILES string of the molecule is CSc1ccc(C(C)N2CCCCCC2C(=O)O)cc1. The van der Waals surface area contributed by atoms with Crippen molar-refractivity contribution in [2.45, 2.75) is 49.6 Å². The lowest BCUT2D eigenvalue weighted by atomic mass is 10.0. The van der Waals surface area contributed by atoms with E-state index in [2.05, 4.69) is 42.3 Å². The van der Waals surface area contributed by atoms with Gasteiger partial charge in [0.2, 0.25) is 0 Å². The zero-order chi connectivity index (χ0) is 14.5. The summed E-state index contributed by atoms with van der Waals surface area (Å²) in [5.41, 5.74) is 1.20. The molecule has 1 aliphatic heterocycles. The molecule has 20 heavy (non-hydrogen) atoms. The first kappa shape index (κ1) is 15.4. The summed E-state index contributed by atoms with van der Waals surface area (Å²) in [4.78, 5) is 14.9. The highest BCUT2D eigenvalue weighted by molar-refractivity contribution is 7.98. The molecular formula is C16H23NO2S. The van der Waals surface area contributed by atoms with Gasteiger partial charge < -0.3 is 5.11 Å². The largest absolute Gasteiger partial charge is 0.480 e. The second-order valence-corrected chi connectivity index (χ2v) is 6.27. The van der Waals surface area contributed by atoms with Crippen LogP contribution in [0, 0.1) is 0 Å². The van der Waals surface area contributed by atoms with Crippen LogP contribution in [0.4, 0.5) is 0 Å². The van der Waals surface area contributed by atoms with E-state index in [1.807, 2.05) is 0 Å². The van der Waals surface area contributed by atoms with Crippen LogP contribution in [0.25, 0.3) is 0 Å². The van der Waals surface area contributed by atoms with E-state index < -0.39 is 5.97 Å². The highest BCUT2D eigenvalue weighted by Gasteiger charge is 2.30. The van der Waals surface area contributed by atoms with E-state index in [0.717, 1.165) is 32.2 Å². The molecule has 1 N–H and O–H groups in total. The first-order chi connectivity index (χ1) is 9.63. The number of hydrogen-bond acceptors (Lipinski definition) is 3. The molecule has 2 atom stereocenters. The van der Waals surface area contributed by atoms with Crippen molar-refractivity contribution in [3.05, 3.63) is 29.8 Å². The maximum atomic E-state index is 11.5. The number of benzene rings is 1. The summed E-state index contributed by atoms with van der Waals surface area (Å²) < 4.78 is 0. The zero-order valence-corrected chi connectivity index (χ0v) is 13.0. The van der Waals surface area contributed by atoms with Crippen molar-refractivity contribution in [1.82, 2.24) is 4.90 Å². The molecule has 1 aromatic rings. The van der Waals surface area contributed by atoms with Crippen molar-refractivity contribution in [2.75, 3.05) is 12.8 Å². The van der Waals surface area contributed by atoms with Gasteiger partial charge in [-0.3, -0.25) is 9.69 Å². The molecule has 0 spiro atoms. The number of rotatable bonds is 4. The number of carbonyl (C=O) groups is 1. The van der Waals surface area contributed by atoms with Crippen LogP contribution in [0.2, 0.25) is 0 Å². The van der Waals surface area contributed by atoms with Crippen LogP contribution in [0.1, 0.15) is 44.2 Å². The molecule has 1 heterocycles. The van der Waals surface area contributed by atoms with Gasteiger partial charge in [0.25, 0.3) is 0 Å². The Labute approximate surface area is 125 Å². The van der Waals surface area contributed by atoms with E-state index in [1.165, 1.54) is 10.5 Å². The van der Waals surface area contributed by atoms with Crippen LogP contribution in [0.5, 0.6) is 0 Å². The van der Waals surface area contributed by atoms with Crippen molar-refractivity contribution >= 4 is 17.7 Å². The Balaban J connectivity index is 2.18. The minimum atomic E-state index is -0.681. The lowest BCUT2D eigenvalue weighted by Crippen LogP contribution is -2.42. The van der Waals surface area contributed by atoms with Gasteiger partial charge in [-0.15, -0.1) is 11.8 Å². The van der Waals surface area contributed by atoms with Gasteiger partial charge in [-0.05, 0) is 50.3 Å². The molecular weight excluding hydrogens is 270 g/mol. The van der Waals surface area contributed by atoms with Gasteiger partial charge >= 0.3 is 5.97 Å². The second-order valence-electron chi connectivity index (χ2n) is 5.39. The summed E-state index contributed by atoms with van der Waals surface area (Å²) >= 11 is 1.73. The van der Waals surface area contributed by atoms with E-state index >= 15 is 0 Å². The monoisotopic (exact) mass is 293 g/mol. The van der Waals surface area contributed by atoms with Crippen molar-refractivity contribution in [3.8, 4) is 0 Å². The number of carboxylic acids is 1. The van der Waals surface area contributed by atoms with Crippen molar-refractivity contribution in [3.63, 3.8) is 0 Å². The third kappa shape index (κ3) is 3.55. The van der Waals surface area contributed by atoms with Gasteiger partial charge in [0.1, 0.15) is 6.04 Å². The predicted molar refractivity (Wildman–Crippen MR) is 83.2 cm³/mol. The van der Waals surface area contributed by atoms with Crippen molar-refractivity contribution < 1.29 is 9.90 Å². The molecule has 2 unspecified atom stereocenters. The normalized spacial score (nSPS) is 22.2. The molecule has 0 aliphatic carbocycles. The van der Waals surface area contributed by atoms with Crippen molar-refractivity contribution in [2.24, 2.45) is 0 Å². The number of hydrogen-bond donors (Lipinski definition) is 1. The first-order valence-electron chi connectivity index (χ1n) is 7.26. The molecule has 0 saturated carbocycles. The zero-order valence-electron chi connectivity index (χ0n) is 12.2. The fourth-order valence-electron chi connectivity index (χ4n) is 2.93. The molecule has 1 saturated heterocycles. The minimum Gasteiger partial charge on any atom is -0.480 e. The van der Waals surface area contributed by atoms with Gasteiger partial charge in [-0.2, -0.15) is 0 Å². The Morgan fingerprint density at radius 3 is 2.60 bits per heavy atom. The van der Waals surface area contributed by atoms with Crippen molar-refractivity contribution in [1.29, 1.82) is 0 Å². The topological polar surface area (TPSA) is 40.5 Å². The highest BCUT2D eigenvalue weighted by Crippen LogP contribution is 2.29. The smallest absolute Gasteiger partial charge is 0.320 e. The highest BCUT2D eigenvalue weighted by atomic mass is 32.2. The Morgan fingerprint density at radius 1 is 1.30 bits per heavy atom. The average Bonchev–Trinajstić information content (AvgIpc) is 2.72. The molecule has 2 rings (SSSR count). The molecule has 0 aromatic heterocycles. The predicted octanol–water partition coefficient (Wildman–Crippen LogP) is 3.80. The first-order valence-corrected chi connectivity index (χ1v) is 8.48. The van der Waals surface area contributed by atoms with Crippen LogP contribution in [0.15, 0.2) is 29.2 Å². The second kappa shape index (κ2) is 7.14. The van der Waals surface area contributed by atoms with E-state index in [4.69, 9.17) is 0 Å². The fourth-order valence-corrected chi connectivity index (χ4v) is 3.34. The summed E-state index contributed by atoms with van der Waals surface area (Å²) in [6.07, 6.45) is 6.08. The molecule has 110 valence electrons. The van der Waals surface area contributed by atoms with Crippen LogP contribution in [-0.2, 0) is 4.79 Å². The Morgan fingerprint density at radius 2 is 2.00 bits per heavy atom. The van der Waals surface area contributed by atoms with E-state index in [-0.39, 0.29) is 12.1 Å². The van der Waals surface area contributed by atoms with E-state index in [1.54, 1.807) is 11.8 Å². The molecule has 1 aromatic carbocycles. The molecule has 0 amide bonds. The lowest BCUT2D eigenvalue weighted by Gasteiger charge is -2.33. The standard InChI is InChI=1S/C16H23NO2S/c1-12(13-7-9-14(20-2)10-8-13)17-11-5-3-4-6-15(17)16(18)19/h7-10,12,15H,3-6,11H2,1-2H3,(H,18,19). The van der Waals surface area contributed by atoms with Gasteiger partial charge in [0.05, 0.1) is 0 Å². The Bertz CT molecular complexity index is 446. The molecule has 1 fully saturated rings. The molecule has 3 nitrogen and oxygen atoms in total. The molecule has 0 bridgehead atoms.